The number of carbonyl (C=O) groups is 2. The minimum atomic E-state index is -1.13. The fraction of sp³-hybridized carbons (Fsp3) is 0.353. The molecule has 0 bridgehead atoms. The number of nitrogens with one attached hydrogen (secondary N) is 1. The molecule has 1 heterocycles. The Balaban J connectivity index is 2.05. The highest BCUT2D eigenvalue weighted by atomic mass is 32.1. The second kappa shape index (κ2) is 7.44. The van der Waals surface area contributed by atoms with Gasteiger partial charge in [-0.25, -0.2) is 14.6 Å². The average molecular weight is 348 g/mol. The Hall–Kier alpha value is -2.41. The highest BCUT2D eigenvalue weighted by molar-refractivity contribution is 7.13. The van der Waals surface area contributed by atoms with Crippen LogP contribution in [0.4, 0.5) is 4.79 Å². The molecule has 2 rings (SSSR count). The van der Waals surface area contributed by atoms with Crippen LogP contribution in [0.5, 0.6) is 0 Å². The molecule has 0 spiro atoms. The molecular weight excluding hydrogens is 328 g/mol. The van der Waals surface area contributed by atoms with E-state index in [1.54, 1.807) is 26.2 Å². The van der Waals surface area contributed by atoms with Gasteiger partial charge >= 0.3 is 12.1 Å². The Morgan fingerprint density at radius 2 is 1.96 bits per heavy atom. The molecule has 1 atom stereocenters. The van der Waals surface area contributed by atoms with Crippen LogP contribution in [0, 0.1) is 0 Å². The number of amides is 1. The van der Waals surface area contributed by atoms with E-state index in [1.165, 1.54) is 11.3 Å². The molecule has 1 amide bonds. The summed E-state index contributed by atoms with van der Waals surface area (Å²) in [6, 6.07) is 8.54. The zero-order valence-electron chi connectivity index (χ0n) is 13.8. The minimum Gasteiger partial charge on any atom is -0.480 e. The first-order valence-corrected chi connectivity index (χ1v) is 8.35. The first-order chi connectivity index (χ1) is 11.2. The molecule has 1 aromatic heterocycles. The zero-order chi connectivity index (χ0) is 17.7. The molecule has 2 aromatic rings. The van der Waals surface area contributed by atoms with Gasteiger partial charge in [0.05, 0.1) is 5.69 Å². The largest absolute Gasteiger partial charge is 0.480 e. The number of ether oxygens (including phenoxy) is 1. The predicted molar refractivity (Wildman–Crippen MR) is 92.0 cm³/mol. The van der Waals surface area contributed by atoms with Crippen LogP contribution in [0.15, 0.2) is 35.7 Å². The molecule has 0 aliphatic heterocycles. The summed E-state index contributed by atoms with van der Waals surface area (Å²) in [5.41, 5.74) is 0.900. The van der Waals surface area contributed by atoms with Crippen LogP contribution >= 0.6 is 11.3 Å². The fourth-order valence-electron chi connectivity index (χ4n) is 1.97. The van der Waals surface area contributed by atoms with Gasteiger partial charge in [-0.1, -0.05) is 30.3 Å². The van der Waals surface area contributed by atoms with E-state index < -0.39 is 23.7 Å². The maximum atomic E-state index is 11.8. The Labute approximate surface area is 144 Å². The number of carboxylic acid groups (broad SMARTS) is 1. The molecule has 24 heavy (non-hydrogen) atoms. The first kappa shape index (κ1) is 17.9. The van der Waals surface area contributed by atoms with E-state index in [2.05, 4.69) is 10.3 Å². The fourth-order valence-corrected chi connectivity index (χ4v) is 2.81. The van der Waals surface area contributed by atoms with Crippen molar-refractivity contribution in [1.29, 1.82) is 0 Å². The number of alkyl carbamates (subject to hydrolysis) is 1. The molecule has 6 nitrogen and oxygen atoms in total. The summed E-state index contributed by atoms with van der Waals surface area (Å²) in [6.45, 7) is 5.15. The van der Waals surface area contributed by atoms with E-state index in [-0.39, 0.29) is 6.42 Å². The van der Waals surface area contributed by atoms with Gasteiger partial charge in [-0.2, -0.15) is 0 Å². The van der Waals surface area contributed by atoms with E-state index in [9.17, 15) is 14.7 Å². The third kappa shape index (κ3) is 5.34. The van der Waals surface area contributed by atoms with Gasteiger partial charge in [0.2, 0.25) is 0 Å². The summed E-state index contributed by atoms with van der Waals surface area (Å²) >= 11 is 1.44. The van der Waals surface area contributed by atoms with Gasteiger partial charge < -0.3 is 15.2 Å². The Bertz CT molecular complexity index is 707. The molecule has 1 aromatic carbocycles. The second-order valence-electron chi connectivity index (χ2n) is 6.25. The Morgan fingerprint density at radius 3 is 2.54 bits per heavy atom. The van der Waals surface area contributed by atoms with Crippen LogP contribution in [0.3, 0.4) is 0 Å². The molecular formula is C17H20N2O4S. The number of aromatic nitrogens is 1. The molecule has 0 aliphatic carbocycles. The lowest BCUT2D eigenvalue weighted by Gasteiger charge is -2.21. The number of rotatable bonds is 5. The SMILES string of the molecule is CC(C)(C)OC(=O)N[C@@H](Cc1csc(-c2ccccc2)n1)C(=O)O. The number of carbonyl (C=O) groups excluding carboxylic acids is 1. The maximum Gasteiger partial charge on any atom is 0.408 e. The van der Waals surface area contributed by atoms with Crippen molar-refractivity contribution in [3.05, 3.63) is 41.4 Å². The molecule has 0 aliphatic rings. The molecule has 0 unspecified atom stereocenters. The van der Waals surface area contributed by atoms with Gasteiger partial charge in [0.15, 0.2) is 0 Å². The van der Waals surface area contributed by atoms with E-state index in [4.69, 9.17) is 4.74 Å². The number of aliphatic carboxylic acids is 1. The van der Waals surface area contributed by atoms with Crippen LogP contribution in [0.2, 0.25) is 0 Å². The van der Waals surface area contributed by atoms with Crippen molar-refractivity contribution in [1.82, 2.24) is 10.3 Å². The maximum absolute atomic E-state index is 11.8. The zero-order valence-corrected chi connectivity index (χ0v) is 14.6. The van der Waals surface area contributed by atoms with Gasteiger partial charge in [0.1, 0.15) is 16.7 Å². The van der Waals surface area contributed by atoms with E-state index in [0.29, 0.717) is 5.69 Å². The third-order valence-corrected chi connectivity index (χ3v) is 3.91. The van der Waals surface area contributed by atoms with Crippen LogP contribution < -0.4 is 5.32 Å². The van der Waals surface area contributed by atoms with Crippen molar-refractivity contribution in [2.75, 3.05) is 0 Å². The highest BCUT2D eigenvalue weighted by Gasteiger charge is 2.25. The molecule has 0 saturated heterocycles. The number of nitrogens with zero attached hydrogens (tertiary/aromatic N) is 1. The molecule has 0 saturated carbocycles. The summed E-state index contributed by atoms with van der Waals surface area (Å²) in [5.74, 6) is -1.13. The predicted octanol–water partition coefficient (Wildman–Crippen LogP) is 3.33. The van der Waals surface area contributed by atoms with Crippen LogP contribution in [0.1, 0.15) is 26.5 Å². The van der Waals surface area contributed by atoms with Crippen molar-refractivity contribution in [2.45, 2.75) is 38.8 Å². The topological polar surface area (TPSA) is 88.5 Å². The van der Waals surface area contributed by atoms with Crippen LogP contribution in [-0.2, 0) is 16.0 Å². The molecule has 128 valence electrons. The highest BCUT2D eigenvalue weighted by Crippen LogP contribution is 2.23. The number of benzene rings is 1. The lowest BCUT2D eigenvalue weighted by Crippen LogP contribution is -2.44. The number of thiazole rings is 1. The molecule has 7 heteroatoms. The van der Waals surface area contributed by atoms with E-state index >= 15 is 0 Å². The number of hydrogen-bond donors (Lipinski definition) is 2. The first-order valence-electron chi connectivity index (χ1n) is 7.47. The monoisotopic (exact) mass is 348 g/mol. The summed E-state index contributed by atoms with van der Waals surface area (Å²) < 4.78 is 5.10. The smallest absolute Gasteiger partial charge is 0.408 e. The van der Waals surface area contributed by atoms with Crippen molar-refractivity contribution >= 4 is 23.4 Å². The number of carboxylic acids is 1. The third-order valence-electron chi connectivity index (χ3n) is 2.97. The van der Waals surface area contributed by atoms with Crippen molar-refractivity contribution < 1.29 is 19.4 Å². The van der Waals surface area contributed by atoms with Gasteiger partial charge in [-0.05, 0) is 20.8 Å². The molecule has 0 radical (unpaired) electrons. The summed E-state index contributed by atoms with van der Waals surface area (Å²) in [5, 5.41) is 14.3. The summed E-state index contributed by atoms with van der Waals surface area (Å²) in [6.07, 6.45) is -0.661. The standard InChI is InChI=1S/C17H20N2O4S/c1-17(2,3)23-16(22)19-13(15(20)21)9-12-10-24-14(18-12)11-7-5-4-6-8-11/h4-8,10,13H,9H2,1-3H3,(H,19,22)(H,20,21)/t13-/m0/s1. The van der Waals surface area contributed by atoms with E-state index in [0.717, 1.165) is 10.6 Å². The number of hydrogen-bond acceptors (Lipinski definition) is 5. The van der Waals surface area contributed by atoms with Gasteiger partial charge in [-0.15, -0.1) is 11.3 Å². The second-order valence-corrected chi connectivity index (χ2v) is 7.11. The summed E-state index contributed by atoms with van der Waals surface area (Å²) in [4.78, 5) is 27.6. The Morgan fingerprint density at radius 1 is 1.29 bits per heavy atom. The van der Waals surface area contributed by atoms with Crippen molar-refractivity contribution in [3.8, 4) is 10.6 Å². The van der Waals surface area contributed by atoms with Crippen molar-refractivity contribution in [3.63, 3.8) is 0 Å². The normalized spacial score (nSPS) is 12.5. The average Bonchev–Trinajstić information content (AvgIpc) is 2.94. The van der Waals surface area contributed by atoms with Gasteiger partial charge in [0, 0.05) is 17.4 Å². The lowest BCUT2D eigenvalue weighted by molar-refractivity contribution is -0.139. The molecule has 0 fully saturated rings. The van der Waals surface area contributed by atoms with Gasteiger partial charge in [0.25, 0.3) is 0 Å². The Kier molecular flexibility index (Phi) is 5.56. The van der Waals surface area contributed by atoms with Crippen molar-refractivity contribution in [2.24, 2.45) is 0 Å². The van der Waals surface area contributed by atoms with Gasteiger partial charge in [-0.3, -0.25) is 0 Å². The quantitative estimate of drug-likeness (QED) is 0.865. The minimum absolute atomic E-state index is 0.0951. The summed E-state index contributed by atoms with van der Waals surface area (Å²) in [7, 11) is 0. The molecule has 2 N–H and O–H groups in total. The van der Waals surface area contributed by atoms with Crippen LogP contribution in [0.25, 0.3) is 10.6 Å². The van der Waals surface area contributed by atoms with Crippen LogP contribution in [-0.4, -0.2) is 33.8 Å². The lowest BCUT2D eigenvalue weighted by atomic mass is 10.1. The van der Waals surface area contributed by atoms with E-state index in [1.807, 2.05) is 30.3 Å².